The van der Waals surface area contributed by atoms with E-state index in [9.17, 15) is 17.2 Å². The number of nitrogens with one attached hydrogen (secondary N) is 2. The van der Waals surface area contributed by atoms with Crippen LogP contribution in [0, 0.1) is 0 Å². The Morgan fingerprint density at radius 2 is 1.91 bits per heavy atom. The number of hydrogen-bond donors (Lipinski definition) is 2. The molecule has 4 heterocycles. The van der Waals surface area contributed by atoms with Crippen molar-refractivity contribution in [1.29, 1.82) is 0 Å². The number of aromatic nitrogens is 4. The van der Waals surface area contributed by atoms with Crippen molar-refractivity contribution >= 4 is 38.2 Å². The summed E-state index contributed by atoms with van der Waals surface area (Å²) in [5.74, 6) is 0.480. The summed E-state index contributed by atoms with van der Waals surface area (Å²) < 4.78 is 55.1. The van der Waals surface area contributed by atoms with Gasteiger partial charge in [0.15, 0.2) is 10.0 Å². The van der Waals surface area contributed by atoms with Gasteiger partial charge in [0.2, 0.25) is 16.0 Å². The molecule has 2 aromatic heterocycles. The van der Waals surface area contributed by atoms with Crippen LogP contribution in [0.15, 0.2) is 23.1 Å². The van der Waals surface area contributed by atoms with Gasteiger partial charge in [-0.25, -0.2) is 31.9 Å². The number of piperazine rings is 1. The van der Waals surface area contributed by atoms with Gasteiger partial charge in [0, 0.05) is 36.1 Å². The van der Waals surface area contributed by atoms with E-state index in [2.05, 4.69) is 25.1 Å². The van der Waals surface area contributed by atoms with E-state index >= 15 is 0 Å². The van der Waals surface area contributed by atoms with Gasteiger partial charge in [-0.3, -0.25) is 0 Å². The molecule has 180 valence electrons. The highest BCUT2D eigenvalue weighted by Gasteiger charge is 2.41. The number of anilines is 1. The molecule has 2 unspecified atom stereocenters. The van der Waals surface area contributed by atoms with E-state index in [4.69, 9.17) is 9.97 Å². The molecular formula is C21H23F2N7O2S2. The highest BCUT2D eigenvalue weighted by molar-refractivity contribution is 7.89. The lowest BCUT2D eigenvalue weighted by atomic mass is 10.2. The maximum Gasteiger partial charge on any atom is 0.291 e. The number of fused-ring (bicyclic) bond motifs is 3. The topological polar surface area (TPSA) is 113 Å². The first-order valence-corrected chi connectivity index (χ1v) is 13.5. The number of hydrogen-bond acceptors (Lipinski definition) is 9. The van der Waals surface area contributed by atoms with Crippen molar-refractivity contribution in [3.8, 4) is 10.7 Å². The molecule has 3 fully saturated rings. The molecule has 3 aliphatic rings. The molecule has 6 rings (SSSR count). The Hall–Kier alpha value is -2.35. The third kappa shape index (κ3) is 4.04. The minimum absolute atomic E-state index is 0.0736. The van der Waals surface area contributed by atoms with Crippen molar-refractivity contribution in [2.45, 2.75) is 61.6 Å². The number of alkyl halides is 2. The number of sulfonamides is 1. The van der Waals surface area contributed by atoms with Crippen molar-refractivity contribution < 1.29 is 17.2 Å². The molecule has 34 heavy (non-hydrogen) atoms. The standard InChI is InChI=1S/C21H23F2N7O2S2/c1-21(6-7-21)29-34(31,32)13-4-5-15-14(8-13)16(18-27-28-19(33-18)17(22)23)26-20(25-15)30-9-11-2-3-12(10-30)24-11/h4-5,8,11-12,17,24,29H,2-3,6-7,9-10H2,1H3. The second kappa shape index (κ2) is 7.83. The van der Waals surface area contributed by atoms with Crippen LogP contribution in [0.1, 0.15) is 44.0 Å². The van der Waals surface area contributed by atoms with E-state index in [0.29, 0.717) is 34.6 Å². The maximum absolute atomic E-state index is 13.2. The van der Waals surface area contributed by atoms with Crippen LogP contribution in [0.2, 0.25) is 0 Å². The van der Waals surface area contributed by atoms with Gasteiger partial charge in [0.1, 0.15) is 5.69 Å². The first-order chi connectivity index (χ1) is 16.2. The second-order valence-corrected chi connectivity index (χ2v) is 12.2. The molecule has 1 aliphatic carbocycles. The Labute approximate surface area is 199 Å². The van der Waals surface area contributed by atoms with Gasteiger partial charge in [-0.2, -0.15) is 0 Å². The smallest absolute Gasteiger partial charge is 0.291 e. The normalized spacial score (nSPS) is 23.7. The number of halogens is 2. The monoisotopic (exact) mass is 507 g/mol. The summed E-state index contributed by atoms with van der Waals surface area (Å²) in [6.45, 7) is 3.35. The van der Waals surface area contributed by atoms with Crippen LogP contribution >= 0.6 is 11.3 Å². The van der Waals surface area contributed by atoms with Crippen LogP contribution in [-0.2, 0) is 10.0 Å². The van der Waals surface area contributed by atoms with E-state index in [-0.39, 0.29) is 9.90 Å². The van der Waals surface area contributed by atoms with Crippen LogP contribution in [0.5, 0.6) is 0 Å². The van der Waals surface area contributed by atoms with Crippen molar-refractivity contribution in [2.24, 2.45) is 0 Å². The Bertz CT molecular complexity index is 1360. The maximum atomic E-state index is 13.2. The average Bonchev–Trinajstić information content (AvgIpc) is 3.19. The van der Waals surface area contributed by atoms with E-state index in [1.54, 1.807) is 6.07 Å². The fraction of sp³-hybridized carbons (Fsp3) is 0.524. The number of benzene rings is 1. The van der Waals surface area contributed by atoms with Crippen molar-refractivity contribution in [2.75, 3.05) is 18.0 Å². The molecule has 0 amide bonds. The fourth-order valence-electron chi connectivity index (χ4n) is 4.62. The van der Waals surface area contributed by atoms with E-state index in [1.807, 2.05) is 6.92 Å². The molecule has 2 aliphatic heterocycles. The van der Waals surface area contributed by atoms with E-state index in [1.165, 1.54) is 12.1 Å². The third-order valence-electron chi connectivity index (χ3n) is 6.68. The molecule has 0 radical (unpaired) electrons. The molecule has 1 aromatic carbocycles. The molecular weight excluding hydrogens is 484 g/mol. The first-order valence-electron chi connectivity index (χ1n) is 11.2. The average molecular weight is 508 g/mol. The Morgan fingerprint density at radius 1 is 1.18 bits per heavy atom. The summed E-state index contributed by atoms with van der Waals surface area (Å²) in [5, 5.41) is 11.4. The summed E-state index contributed by atoms with van der Waals surface area (Å²) in [7, 11) is -3.77. The van der Waals surface area contributed by atoms with Crippen LogP contribution in [0.4, 0.5) is 14.7 Å². The minimum Gasteiger partial charge on any atom is -0.338 e. The van der Waals surface area contributed by atoms with Gasteiger partial charge in [0.25, 0.3) is 6.43 Å². The lowest BCUT2D eigenvalue weighted by molar-refractivity contribution is 0.150. The van der Waals surface area contributed by atoms with Gasteiger partial charge >= 0.3 is 0 Å². The predicted molar refractivity (Wildman–Crippen MR) is 124 cm³/mol. The molecule has 0 spiro atoms. The zero-order chi connectivity index (χ0) is 23.7. The van der Waals surface area contributed by atoms with Crippen LogP contribution in [-0.4, -0.2) is 59.3 Å². The molecule has 13 heteroatoms. The summed E-state index contributed by atoms with van der Waals surface area (Å²) in [6.07, 6.45) is 0.991. The highest BCUT2D eigenvalue weighted by Crippen LogP contribution is 2.38. The SMILES string of the molecule is CC1(NS(=O)(=O)c2ccc3nc(N4CC5CCC(C4)N5)nc(-c4nnc(C(F)F)s4)c3c2)CC1. The molecule has 2 atom stereocenters. The lowest BCUT2D eigenvalue weighted by Gasteiger charge is -2.33. The van der Waals surface area contributed by atoms with E-state index in [0.717, 1.165) is 50.1 Å². The predicted octanol–water partition coefficient (Wildman–Crippen LogP) is 2.86. The van der Waals surface area contributed by atoms with Gasteiger partial charge < -0.3 is 10.2 Å². The van der Waals surface area contributed by atoms with Crippen LogP contribution in [0.3, 0.4) is 0 Å². The molecule has 3 aromatic rings. The Balaban J connectivity index is 1.47. The zero-order valence-electron chi connectivity index (χ0n) is 18.3. The minimum atomic E-state index is -3.77. The van der Waals surface area contributed by atoms with Crippen molar-refractivity contribution in [1.82, 2.24) is 30.2 Å². The highest BCUT2D eigenvalue weighted by atomic mass is 32.2. The van der Waals surface area contributed by atoms with Gasteiger partial charge in [-0.1, -0.05) is 11.3 Å². The number of nitrogens with zero attached hydrogens (tertiary/aromatic N) is 5. The third-order valence-corrected chi connectivity index (χ3v) is 9.25. The van der Waals surface area contributed by atoms with E-state index < -0.39 is 27.0 Å². The van der Waals surface area contributed by atoms with Gasteiger partial charge in [0.05, 0.1) is 10.4 Å². The molecule has 2 N–H and O–H groups in total. The number of rotatable bonds is 6. The van der Waals surface area contributed by atoms with Crippen LogP contribution in [0.25, 0.3) is 21.6 Å². The van der Waals surface area contributed by atoms with Gasteiger partial charge in [-0.15, -0.1) is 10.2 Å². The molecule has 1 saturated carbocycles. The first kappa shape index (κ1) is 22.1. The quantitative estimate of drug-likeness (QED) is 0.524. The lowest BCUT2D eigenvalue weighted by Crippen LogP contribution is -2.51. The summed E-state index contributed by atoms with van der Waals surface area (Å²) >= 11 is 0.753. The Kier molecular flexibility index (Phi) is 5.10. The largest absolute Gasteiger partial charge is 0.338 e. The van der Waals surface area contributed by atoms with Gasteiger partial charge in [-0.05, 0) is 50.8 Å². The molecule has 9 nitrogen and oxygen atoms in total. The summed E-state index contributed by atoms with van der Waals surface area (Å²) in [6, 6.07) is 5.36. The van der Waals surface area contributed by atoms with Crippen molar-refractivity contribution in [3.63, 3.8) is 0 Å². The second-order valence-electron chi connectivity index (χ2n) is 9.51. The summed E-state index contributed by atoms with van der Waals surface area (Å²) in [5.41, 5.74) is 0.408. The zero-order valence-corrected chi connectivity index (χ0v) is 20.0. The fourth-order valence-corrected chi connectivity index (χ4v) is 6.81. The molecule has 2 bridgehead atoms. The molecule has 2 saturated heterocycles. The Morgan fingerprint density at radius 3 is 2.56 bits per heavy atom. The van der Waals surface area contributed by atoms with Crippen molar-refractivity contribution in [3.05, 3.63) is 23.2 Å². The van der Waals surface area contributed by atoms with Crippen LogP contribution < -0.4 is 14.9 Å². The summed E-state index contributed by atoms with van der Waals surface area (Å²) in [4.78, 5) is 11.6.